The summed E-state index contributed by atoms with van der Waals surface area (Å²) in [5.41, 5.74) is 0. The molecule has 0 saturated carbocycles. The summed E-state index contributed by atoms with van der Waals surface area (Å²) in [6.45, 7) is 5.64. The second-order valence-electron chi connectivity index (χ2n) is 2.72. The highest BCUT2D eigenvalue weighted by Crippen LogP contribution is 2.17. The van der Waals surface area contributed by atoms with Crippen LogP contribution in [0.25, 0.3) is 0 Å². The second-order valence-corrected chi connectivity index (χ2v) is 2.72. The Morgan fingerprint density at radius 2 is 2.50 bits per heavy atom. The van der Waals surface area contributed by atoms with Crippen LogP contribution in [-0.2, 0) is 4.79 Å². The topological polar surface area (TPSA) is 20.3 Å². The molecule has 1 fully saturated rings. The van der Waals surface area contributed by atoms with Gasteiger partial charge >= 0.3 is 0 Å². The molecule has 0 bridgehead atoms. The first kappa shape index (κ1) is 7.32. The summed E-state index contributed by atoms with van der Waals surface area (Å²) >= 11 is 0. The van der Waals surface area contributed by atoms with Crippen LogP contribution in [0.15, 0.2) is 12.8 Å². The molecule has 1 aliphatic rings. The highest BCUT2D eigenvalue weighted by atomic mass is 16.2. The van der Waals surface area contributed by atoms with Crippen molar-refractivity contribution in [1.82, 2.24) is 4.90 Å². The molecule has 0 aliphatic carbocycles. The molecular formula is C8H13NO. The van der Waals surface area contributed by atoms with Crippen molar-refractivity contribution in [3.63, 3.8) is 0 Å². The van der Waals surface area contributed by atoms with E-state index in [0.29, 0.717) is 12.5 Å². The Kier molecular flexibility index (Phi) is 2.10. The number of piperidine rings is 1. The van der Waals surface area contributed by atoms with Crippen molar-refractivity contribution >= 4 is 5.91 Å². The van der Waals surface area contributed by atoms with E-state index in [1.165, 1.54) is 0 Å². The number of carbonyl (C=O) groups is 1. The minimum atomic E-state index is 0.216. The van der Waals surface area contributed by atoms with Crippen LogP contribution < -0.4 is 0 Å². The molecule has 2 heteroatoms. The normalized spacial score (nSPS) is 26.7. The zero-order valence-corrected chi connectivity index (χ0v) is 6.34. The van der Waals surface area contributed by atoms with Crippen LogP contribution in [0.2, 0.25) is 0 Å². The van der Waals surface area contributed by atoms with Crippen LogP contribution in [0.4, 0.5) is 0 Å². The van der Waals surface area contributed by atoms with E-state index in [1.807, 2.05) is 0 Å². The standard InChI is InChI=1S/C8H13NO/c1-3-9-7(2)5-4-6-8(9)10/h3,7H,1,4-6H2,2H3. The third kappa shape index (κ3) is 1.20. The number of likely N-dealkylation sites (tertiary alicyclic amines) is 1. The lowest BCUT2D eigenvalue weighted by atomic mass is 10.0. The molecule has 1 rings (SSSR count). The van der Waals surface area contributed by atoms with Crippen molar-refractivity contribution in [1.29, 1.82) is 0 Å². The lowest BCUT2D eigenvalue weighted by Crippen LogP contribution is -2.37. The number of amides is 1. The Labute approximate surface area is 61.5 Å². The van der Waals surface area contributed by atoms with Crippen molar-refractivity contribution in [3.05, 3.63) is 12.8 Å². The van der Waals surface area contributed by atoms with Crippen LogP contribution in [0, 0.1) is 0 Å². The fourth-order valence-corrected chi connectivity index (χ4v) is 1.34. The van der Waals surface area contributed by atoms with Gasteiger partial charge in [0.15, 0.2) is 0 Å². The van der Waals surface area contributed by atoms with Crippen molar-refractivity contribution in [2.24, 2.45) is 0 Å². The van der Waals surface area contributed by atoms with E-state index < -0.39 is 0 Å². The number of hydrogen-bond acceptors (Lipinski definition) is 1. The maximum Gasteiger partial charge on any atom is 0.226 e. The first-order valence-corrected chi connectivity index (χ1v) is 3.69. The second kappa shape index (κ2) is 2.86. The van der Waals surface area contributed by atoms with Gasteiger partial charge in [0.1, 0.15) is 0 Å². The van der Waals surface area contributed by atoms with E-state index in [4.69, 9.17) is 0 Å². The molecule has 1 saturated heterocycles. The smallest absolute Gasteiger partial charge is 0.226 e. The lowest BCUT2D eigenvalue weighted by molar-refractivity contribution is -0.132. The Balaban J connectivity index is 2.62. The van der Waals surface area contributed by atoms with Gasteiger partial charge in [-0.1, -0.05) is 6.58 Å². The molecule has 10 heavy (non-hydrogen) atoms. The Morgan fingerprint density at radius 3 is 2.90 bits per heavy atom. The fourth-order valence-electron chi connectivity index (χ4n) is 1.34. The molecule has 1 amide bonds. The molecule has 0 aromatic rings. The van der Waals surface area contributed by atoms with Gasteiger partial charge in [0.25, 0.3) is 0 Å². The summed E-state index contributed by atoms with van der Waals surface area (Å²) in [7, 11) is 0. The van der Waals surface area contributed by atoms with Gasteiger partial charge in [-0.05, 0) is 26.0 Å². The number of hydrogen-bond donors (Lipinski definition) is 0. The van der Waals surface area contributed by atoms with Gasteiger partial charge in [-0.15, -0.1) is 0 Å². The van der Waals surface area contributed by atoms with Crippen molar-refractivity contribution in [2.45, 2.75) is 32.2 Å². The van der Waals surface area contributed by atoms with Gasteiger partial charge in [0, 0.05) is 12.5 Å². The molecule has 1 heterocycles. The number of carbonyl (C=O) groups excluding carboxylic acids is 1. The summed E-state index contributed by atoms with van der Waals surface area (Å²) in [4.78, 5) is 12.8. The van der Waals surface area contributed by atoms with Crippen LogP contribution in [0.3, 0.4) is 0 Å². The van der Waals surface area contributed by atoms with Gasteiger partial charge in [-0.25, -0.2) is 0 Å². The van der Waals surface area contributed by atoms with E-state index in [2.05, 4.69) is 13.5 Å². The average molecular weight is 139 g/mol. The maximum atomic E-state index is 11.1. The van der Waals surface area contributed by atoms with Gasteiger partial charge in [0.05, 0.1) is 0 Å². The number of nitrogens with zero attached hydrogens (tertiary/aromatic N) is 1. The maximum absolute atomic E-state index is 11.1. The Morgan fingerprint density at radius 1 is 1.80 bits per heavy atom. The SMILES string of the molecule is C=CN1C(=O)CCCC1C. The first-order valence-electron chi connectivity index (χ1n) is 3.69. The molecular weight excluding hydrogens is 126 g/mol. The summed E-state index contributed by atoms with van der Waals surface area (Å²) in [5.74, 6) is 0.216. The van der Waals surface area contributed by atoms with Crippen LogP contribution in [0.5, 0.6) is 0 Å². The molecule has 1 atom stereocenters. The van der Waals surface area contributed by atoms with Gasteiger partial charge in [0.2, 0.25) is 5.91 Å². The minimum absolute atomic E-state index is 0.216. The molecule has 0 aromatic carbocycles. The molecule has 56 valence electrons. The van der Waals surface area contributed by atoms with Crippen molar-refractivity contribution < 1.29 is 4.79 Å². The van der Waals surface area contributed by atoms with Crippen LogP contribution >= 0.6 is 0 Å². The number of rotatable bonds is 1. The van der Waals surface area contributed by atoms with E-state index >= 15 is 0 Å². The molecule has 1 unspecified atom stereocenters. The first-order chi connectivity index (χ1) is 4.75. The largest absolute Gasteiger partial charge is 0.317 e. The van der Waals surface area contributed by atoms with Gasteiger partial charge < -0.3 is 4.90 Å². The zero-order valence-electron chi connectivity index (χ0n) is 6.34. The van der Waals surface area contributed by atoms with Crippen LogP contribution in [0.1, 0.15) is 26.2 Å². The van der Waals surface area contributed by atoms with E-state index in [9.17, 15) is 4.79 Å². The summed E-state index contributed by atoms with van der Waals surface area (Å²) < 4.78 is 0. The minimum Gasteiger partial charge on any atom is -0.317 e. The monoisotopic (exact) mass is 139 g/mol. The Hall–Kier alpha value is -0.790. The third-order valence-corrected chi connectivity index (χ3v) is 1.97. The predicted octanol–water partition coefficient (Wildman–Crippen LogP) is 1.53. The highest BCUT2D eigenvalue weighted by Gasteiger charge is 2.21. The van der Waals surface area contributed by atoms with E-state index in [1.54, 1.807) is 11.1 Å². The lowest BCUT2D eigenvalue weighted by Gasteiger charge is -2.29. The molecule has 0 N–H and O–H groups in total. The fraction of sp³-hybridized carbons (Fsp3) is 0.625. The zero-order chi connectivity index (χ0) is 7.56. The molecule has 2 nitrogen and oxygen atoms in total. The highest BCUT2D eigenvalue weighted by molar-refractivity contribution is 5.78. The third-order valence-electron chi connectivity index (χ3n) is 1.97. The summed E-state index contributed by atoms with van der Waals surface area (Å²) in [6, 6.07) is 0.360. The summed E-state index contributed by atoms with van der Waals surface area (Å²) in [5, 5.41) is 0. The average Bonchev–Trinajstić information content (AvgIpc) is 1.88. The predicted molar refractivity (Wildman–Crippen MR) is 40.4 cm³/mol. The van der Waals surface area contributed by atoms with Gasteiger partial charge in [-0.3, -0.25) is 4.79 Å². The van der Waals surface area contributed by atoms with E-state index in [0.717, 1.165) is 12.8 Å². The molecule has 0 spiro atoms. The molecule has 0 aromatic heterocycles. The Bertz CT molecular complexity index is 153. The quantitative estimate of drug-likeness (QED) is 0.539. The van der Waals surface area contributed by atoms with Crippen molar-refractivity contribution in [2.75, 3.05) is 0 Å². The molecule has 0 radical (unpaired) electrons. The summed E-state index contributed by atoms with van der Waals surface area (Å²) in [6.07, 6.45) is 4.46. The van der Waals surface area contributed by atoms with Crippen molar-refractivity contribution in [3.8, 4) is 0 Å². The molecule has 1 aliphatic heterocycles. The van der Waals surface area contributed by atoms with E-state index in [-0.39, 0.29) is 5.91 Å². The van der Waals surface area contributed by atoms with Gasteiger partial charge in [-0.2, -0.15) is 0 Å². The van der Waals surface area contributed by atoms with Crippen LogP contribution in [-0.4, -0.2) is 16.8 Å².